The summed E-state index contributed by atoms with van der Waals surface area (Å²) < 4.78 is 11.0. The predicted molar refractivity (Wildman–Crippen MR) is 104 cm³/mol. The minimum Gasteiger partial charge on any atom is -0.484 e. The summed E-state index contributed by atoms with van der Waals surface area (Å²) in [7, 11) is 0. The summed E-state index contributed by atoms with van der Waals surface area (Å²) in [6, 6.07) is 15.5. The number of amides is 1. The zero-order valence-corrected chi connectivity index (χ0v) is 15.4. The van der Waals surface area contributed by atoms with Crippen LogP contribution in [0.4, 0.5) is 0 Å². The molecule has 5 rings (SSSR count). The van der Waals surface area contributed by atoms with E-state index in [-0.39, 0.29) is 18.4 Å². The van der Waals surface area contributed by atoms with Crippen LogP contribution in [0.5, 0.6) is 5.75 Å². The Kier molecular flexibility index (Phi) is 4.36. The molecule has 0 atom stereocenters. The van der Waals surface area contributed by atoms with Crippen LogP contribution in [0.25, 0.3) is 22.4 Å². The maximum atomic E-state index is 12.4. The molecule has 1 amide bonds. The van der Waals surface area contributed by atoms with Crippen molar-refractivity contribution in [1.82, 2.24) is 25.0 Å². The molecule has 8 nitrogen and oxygen atoms in total. The fraction of sp³-hybridized carbons (Fsp3) is 0.190. The zero-order valence-electron chi connectivity index (χ0n) is 15.4. The summed E-state index contributed by atoms with van der Waals surface area (Å²) in [5, 5.41) is 6.14. The average molecular weight is 387 g/mol. The van der Waals surface area contributed by atoms with Crippen LogP contribution in [0.3, 0.4) is 0 Å². The molecule has 4 aromatic rings. The summed E-state index contributed by atoms with van der Waals surface area (Å²) in [4.78, 5) is 26.7. The molecule has 0 saturated carbocycles. The van der Waals surface area contributed by atoms with E-state index in [0.29, 0.717) is 36.4 Å². The molecule has 144 valence electrons. The molecule has 1 saturated heterocycles. The summed E-state index contributed by atoms with van der Waals surface area (Å²) in [6.07, 6.45) is 3.25. The van der Waals surface area contributed by atoms with Crippen molar-refractivity contribution in [3.8, 4) is 17.4 Å². The van der Waals surface area contributed by atoms with Crippen LogP contribution >= 0.6 is 0 Å². The van der Waals surface area contributed by atoms with Crippen LogP contribution in [-0.2, 0) is 4.79 Å². The van der Waals surface area contributed by atoms with E-state index in [1.54, 1.807) is 23.4 Å². The molecule has 1 aliphatic heterocycles. The number of hydrogen-bond acceptors (Lipinski definition) is 7. The van der Waals surface area contributed by atoms with Gasteiger partial charge in [0.1, 0.15) is 5.75 Å². The van der Waals surface area contributed by atoms with Crippen LogP contribution in [0.1, 0.15) is 11.8 Å². The number of likely N-dealkylation sites (tertiary alicyclic amines) is 1. The Hall–Kier alpha value is -3.81. The first-order valence-electron chi connectivity index (χ1n) is 9.26. The molecule has 0 N–H and O–H groups in total. The highest BCUT2D eigenvalue weighted by Gasteiger charge is 2.36. The Morgan fingerprint density at radius 2 is 1.83 bits per heavy atom. The van der Waals surface area contributed by atoms with Gasteiger partial charge in [-0.3, -0.25) is 4.79 Å². The lowest BCUT2D eigenvalue weighted by Gasteiger charge is -2.36. The van der Waals surface area contributed by atoms with E-state index in [1.165, 1.54) is 0 Å². The number of hydrogen-bond donors (Lipinski definition) is 0. The van der Waals surface area contributed by atoms with Crippen molar-refractivity contribution in [3.05, 3.63) is 66.8 Å². The molecule has 0 bridgehead atoms. The molecule has 2 aromatic heterocycles. The Balaban J connectivity index is 1.16. The standard InChI is InChI=1S/C21H17N5O3/c27-18(13-28-17-7-6-14-4-1-2-5-15(14)10-17)26-11-16(12-26)21-24-20(25-29-21)19-22-8-3-9-23-19/h1-10,16H,11-13H2. The van der Waals surface area contributed by atoms with Gasteiger partial charge in [-0.25, -0.2) is 9.97 Å². The zero-order chi connectivity index (χ0) is 19.6. The lowest BCUT2D eigenvalue weighted by atomic mass is 10.0. The number of fused-ring (bicyclic) bond motifs is 1. The summed E-state index contributed by atoms with van der Waals surface area (Å²) >= 11 is 0. The van der Waals surface area contributed by atoms with Crippen molar-refractivity contribution in [3.63, 3.8) is 0 Å². The maximum absolute atomic E-state index is 12.4. The van der Waals surface area contributed by atoms with Gasteiger partial charge in [0.05, 0.1) is 5.92 Å². The van der Waals surface area contributed by atoms with Crippen molar-refractivity contribution in [2.75, 3.05) is 19.7 Å². The van der Waals surface area contributed by atoms with Gasteiger partial charge in [0.25, 0.3) is 5.91 Å². The third kappa shape index (κ3) is 3.52. The normalized spacial score (nSPS) is 14.0. The largest absolute Gasteiger partial charge is 0.484 e. The van der Waals surface area contributed by atoms with Crippen molar-refractivity contribution < 1.29 is 14.1 Å². The van der Waals surface area contributed by atoms with Crippen molar-refractivity contribution in [1.29, 1.82) is 0 Å². The van der Waals surface area contributed by atoms with Crippen LogP contribution in [-0.4, -0.2) is 50.6 Å². The molecular weight excluding hydrogens is 370 g/mol. The van der Waals surface area contributed by atoms with Gasteiger partial charge in [-0.15, -0.1) is 0 Å². The second-order valence-electron chi connectivity index (χ2n) is 6.82. The lowest BCUT2D eigenvalue weighted by molar-refractivity contribution is -0.138. The molecule has 1 aliphatic rings. The van der Waals surface area contributed by atoms with Crippen LogP contribution in [0.15, 0.2) is 65.4 Å². The smallest absolute Gasteiger partial charge is 0.260 e. The third-order valence-electron chi connectivity index (χ3n) is 4.87. The lowest BCUT2D eigenvalue weighted by Crippen LogP contribution is -2.50. The first kappa shape index (κ1) is 17.3. The van der Waals surface area contributed by atoms with Crippen molar-refractivity contribution in [2.24, 2.45) is 0 Å². The van der Waals surface area contributed by atoms with Crippen molar-refractivity contribution in [2.45, 2.75) is 5.92 Å². The first-order valence-corrected chi connectivity index (χ1v) is 9.26. The third-order valence-corrected chi connectivity index (χ3v) is 4.87. The van der Waals surface area contributed by atoms with Gasteiger partial charge < -0.3 is 14.2 Å². The van der Waals surface area contributed by atoms with E-state index in [0.717, 1.165) is 10.8 Å². The minimum atomic E-state index is -0.0689. The van der Waals surface area contributed by atoms with Gasteiger partial charge >= 0.3 is 0 Å². The molecule has 0 spiro atoms. The predicted octanol–water partition coefficient (Wildman–Crippen LogP) is 2.68. The fourth-order valence-corrected chi connectivity index (χ4v) is 3.24. The molecule has 0 aliphatic carbocycles. The van der Waals surface area contributed by atoms with Gasteiger partial charge in [-0.05, 0) is 29.0 Å². The van der Waals surface area contributed by atoms with Gasteiger partial charge in [-0.2, -0.15) is 4.98 Å². The monoisotopic (exact) mass is 387 g/mol. The molecule has 3 heterocycles. The van der Waals surface area contributed by atoms with Crippen LogP contribution < -0.4 is 4.74 Å². The number of carbonyl (C=O) groups excluding carboxylic acids is 1. The molecule has 2 aromatic carbocycles. The minimum absolute atomic E-state index is 0.00199. The maximum Gasteiger partial charge on any atom is 0.260 e. The van der Waals surface area contributed by atoms with Gasteiger partial charge in [0.2, 0.25) is 17.5 Å². The van der Waals surface area contributed by atoms with Gasteiger partial charge in [-0.1, -0.05) is 35.5 Å². The average Bonchev–Trinajstić information content (AvgIpc) is 3.21. The second-order valence-corrected chi connectivity index (χ2v) is 6.82. The second kappa shape index (κ2) is 7.31. The van der Waals surface area contributed by atoms with E-state index in [4.69, 9.17) is 9.26 Å². The molecular formula is C21H17N5O3. The van der Waals surface area contributed by atoms with Crippen LogP contribution in [0.2, 0.25) is 0 Å². The number of rotatable bonds is 5. The van der Waals surface area contributed by atoms with Crippen molar-refractivity contribution >= 4 is 16.7 Å². The van der Waals surface area contributed by atoms with Gasteiger partial charge in [0.15, 0.2) is 6.61 Å². The molecule has 0 radical (unpaired) electrons. The molecule has 8 heteroatoms. The Labute approximate surface area is 166 Å². The molecule has 1 fully saturated rings. The molecule has 0 unspecified atom stereocenters. The van der Waals surface area contributed by atoms with Gasteiger partial charge in [0, 0.05) is 25.5 Å². The number of benzene rings is 2. The highest BCUT2D eigenvalue weighted by Crippen LogP contribution is 2.27. The highest BCUT2D eigenvalue weighted by molar-refractivity contribution is 5.84. The summed E-state index contributed by atoms with van der Waals surface area (Å²) in [5.41, 5.74) is 0. The fourth-order valence-electron chi connectivity index (χ4n) is 3.24. The SMILES string of the molecule is O=C(COc1ccc2ccccc2c1)N1CC(c2nc(-c3ncccn3)no2)C1. The molecule has 29 heavy (non-hydrogen) atoms. The summed E-state index contributed by atoms with van der Waals surface area (Å²) in [5.74, 6) is 1.89. The number of ether oxygens (including phenoxy) is 1. The van der Waals surface area contributed by atoms with E-state index in [2.05, 4.69) is 20.1 Å². The summed E-state index contributed by atoms with van der Waals surface area (Å²) in [6.45, 7) is 1.05. The van der Waals surface area contributed by atoms with E-state index in [9.17, 15) is 4.79 Å². The Bertz CT molecular complexity index is 1160. The number of carbonyl (C=O) groups is 1. The first-order chi connectivity index (χ1) is 14.3. The Morgan fingerprint density at radius 1 is 1.03 bits per heavy atom. The van der Waals surface area contributed by atoms with Crippen LogP contribution in [0, 0.1) is 0 Å². The number of nitrogens with zero attached hydrogens (tertiary/aromatic N) is 5. The Morgan fingerprint density at radius 3 is 2.66 bits per heavy atom. The van der Waals surface area contributed by atoms with E-state index >= 15 is 0 Å². The highest BCUT2D eigenvalue weighted by atomic mass is 16.5. The quantitative estimate of drug-likeness (QED) is 0.520. The number of aromatic nitrogens is 4. The topological polar surface area (TPSA) is 94.2 Å². The van der Waals surface area contributed by atoms with E-state index in [1.807, 2.05) is 42.5 Å². The van der Waals surface area contributed by atoms with E-state index < -0.39 is 0 Å².